The molecule has 1 N–H and O–H groups in total. The quantitative estimate of drug-likeness (QED) is 0.286. The maximum atomic E-state index is 13.6. The zero-order chi connectivity index (χ0) is 26.9. The number of para-hydroxylation sites is 1. The Bertz CT molecular complexity index is 1190. The van der Waals surface area contributed by atoms with E-state index in [1.165, 1.54) is 11.3 Å². The highest BCUT2D eigenvalue weighted by Crippen LogP contribution is 2.24. The van der Waals surface area contributed by atoms with Gasteiger partial charge in [-0.25, -0.2) is 0 Å². The predicted molar refractivity (Wildman–Crippen MR) is 170 cm³/mol. The molecule has 0 bridgehead atoms. The number of carbonyl (C=O) groups is 1. The third-order valence-electron chi connectivity index (χ3n) is 6.64. The van der Waals surface area contributed by atoms with E-state index in [1.54, 1.807) is 12.1 Å². The summed E-state index contributed by atoms with van der Waals surface area (Å²) >= 11 is 12.2. The van der Waals surface area contributed by atoms with Crippen LogP contribution in [-0.4, -0.2) is 68.6 Å². The van der Waals surface area contributed by atoms with E-state index in [0.29, 0.717) is 36.3 Å². The molecule has 0 spiro atoms. The number of carbonyl (C=O) groups excluding carboxylic acids is 1. The van der Waals surface area contributed by atoms with Crippen LogP contribution in [0.25, 0.3) is 0 Å². The van der Waals surface area contributed by atoms with Gasteiger partial charge >= 0.3 is 0 Å². The first-order chi connectivity index (χ1) is 18.4. The van der Waals surface area contributed by atoms with Crippen molar-refractivity contribution in [1.29, 1.82) is 0 Å². The van der Waals surface area contributed by atoms with Crippen LogP contribution in [0, 0.1) is 0 Å². The molecule has 1 saturated heterocycles. The summed E-state index contributed by atoms with van der Waals surface area (Å²) in [4.78, 5) is 20.2. The molecule has 4 rings (SSSR count). The fourth-order valence-electron chi connectivity index (χ4n) is 4.66. The topological polar surface area (TPSA) is 48.0 Å². The van der Waals surface area contributed by atoms with E-state index in [2.05, 4.69) is 65.6 Å². The van der Waals surface area contributed by atoms with Gasteiger partial charge in [-0.1, -0.05) is 77.8 Å². The maximum Gasteiger partial charge on any atom is 0.242 e. The van der Waals surface area contributed by atoms with E-state index in [-0.39, 0.29) is 37.3 Å². The van der Waals surface area contributed by atoms with Crippen LogP contribution < -0.4 is 10.2 Å². The number of hydrogen-bond acceptors (Lipinski definition) is 5. The van der Waals surface area contributed by atoms with Crippen LogP contribution in [0.15, 0.2) is 72.8 Å². The lowest BCUT2D eigenvalue weighted by Crippen LogP contribution is -2.55. The number of piperazine rings is 1. The van der Waals surface area contributed by atoms with Crippen LogP contribution in [-0.2, 0) is 29.2 Å². The second-order valence-electron chi connectivity index (χ2n) is 9.86. The summed E-state index contributed by atoms with van der Waals surface area (Å²) < 4.78 is 5.99. The lowest BCUT2D eigenvalue weighted by molar-refractivity contribution is -0.135. The van der Waals surface area contributed by atoms with Crippen LogP contribution in [0.1, 0.15) is 16.7 Å². The van der Waals surface area contributed by atoms with Gasteiger partial charge in [0.2, 0.25) is 5.91 Å². The zero-order valence-corrected chi connectivity index (χ0v) is 26.0. The molecule has 1 fully saturated rings. The molecule has 1 unspecified atom stereocenters. The van der Waals surface area contributed by atoms with Crippen molar-refractivity contribution in [2.24, 2.45) is 0 Å². The van der Waals surface area contributed by atoms with Crippen LogP contribution >= 0.6 is 48.0 Å². The van der Waals surface area contributed by atoms with Crippen molar-refractivity contribution in [1.82, 2.24) is 15.1 Å². The molecule has 0 radical (unpaired) electrons. The molecular formula is C30H38Cl4N4O2. The van der Waals surface area contributed by atoms with Crippen molar-refractivity contribution in [3.63, 3.8) is 0 Å². The van der Waals surface area contributed by atoms with Gasteiger partial charge in [0.1, 0.15) is 6.04 Å². The summed E-state index contributed by atoms with van der Waals surface area (Å²) in [6, 6.07) is 23.6. The van der Waals surface area contributed by atoms with Gasteiger partial charge in [-0.2, -0.15) is 0 Å². The average Bonchev–Trinajstić information content (AvgIpc) is 2.93. The van der Waals surface area contributed by atoms with Crippen molar-refractivity contribution in [3.05, 3.63) is 99.5 Å². The van der Waals surface area contributed by atoms with Gasteiger partial charge < -0.3 is 19.4 Å². The number of ether oxygens (including phenoxy) is 1. The minimum atomic E-state index is -0.453. The standard InChI is InChI=1S/C30H36Cl2N4O2.2ClH/c1-34(2)20-25-10-6-7-11-29(25)35-14-16-36(17-15-35)30(37)28(33-19-23-8-4-3-5-9-23)22-38-21-24-12-13-26(31)27(32)18-24;;/h3-13,18,28,33H,14-17,19-22H2,1-2H3;2*1H. The summed E-state index contributed by atoms with van der Waals surface area (Å²) in [7, 11) is 4.17. The molecule has 1 aliphatic heterocycles. The fraction of sp³-hybridized carbons (Fsp3) is 0.367. The summed E-state index contributed by atoms with van der Waals surface area (Å²) in [5.41, 5.74) is 4.59. The molecule has 0 aliphatic carbocycles. The molecular weight excluding hydrogens is 590 g/mol. The summed E-state index contributed by atoms with van der Waals surface area (Å²) in [5.74, 6) is 0.0660. The number of amides is 1. The molecule has 0 aromatic heterocycles. The highest BCUT2D eigenvalue weighted by atomic mass is 35.5. The summed E-state index contributed by atoms with van der Waals surface area (Å²) in [6.45, 7) is 5.03. The van der Waals surface area contributed by atoms with E-state index in [4.69, 9.17) is 27.9 Å². The smallest absolute Gasteiger partial charge is 0.242 e. The van der Waals surface area contributed by atoms with Gasteiger partial charge in [0.15, 0.2) is 0 Å². The number of benzene rings is 3. The van der Waals surface area contributed by atoms with Crippen LogP contribution in [0.2, 0.25) is 10.0 Å². The highest BCUT2D eigenvalue weighted by Gasteiger charge is 2.28. The first kappa shape index (κ1) is 34.2. The second kappa shape index (κ2) is 17.0. The van der Waals surface area contributed by atoms with Crippen LogP contribution in [0.3, 0.4) is 0 Å². The van der Waals surface area contributed by atoms with Gasteiger partial charge in [-0.15, -0.1) is 24.8 Å². The maximum absolute atomic E-state index is 13.6. The Morgan fingerprint density at radius 2 is 1.57 bits per heavy atom. The van der Waals surface area contributed by atoms with Gasteiger partial charge in [0.05, 0.1) is 23.3 Å². The molecule has 3 aromatic rings. The van der Waals surface area contributed by atoms with E-state index < -0.39 is 6.04 Å². The van der Waals surface area contributed by atoms with Crippen molar-refractivity contribution in [3.8, 4) is 0 Å². The molecule has 3 aromatic carbocycles. The minimum Gasteiger partial charge on any atom is -0.375 e. The van der Waals surface area contributed by atoms with Crippen LogP contribution in [0.4, 0.5) is 5.69 Å². The Balaban J connectivity index is 0.00000280. The molecule has 1 amide bonds. The Hall–Kier alpha value is -2.03. The van der Waals surface area contributed by atoms with Gasteiger partial charge in [-0.05, 0) is 49.0 Å². The number of halogens is 4. The van der Waals surface area contributed by atoms with Gasteiger partial charge in [0, 0.05) is 45.0 Å². The fourth-order valence-corrected chi connectivity index (χ4v) is 4.98. The number of rotatable bonds is 11. The lowest BCUT2D eigenvalue weighted by Gasteiger charge is -2.38. The van der Waals surface area contributed by atoms with Crippen LogP contribution in [0.5, 0.6) is 0 Å². The number of anilines is 1. The lowest BCUT2D eigenvalue weighted by atomic mass is 10.1. The largest absolute Gasteiger partial charge is 0.375 e. The Kier molecular flexibility index (Phi) is 14.6. The highest BCUT2D eigenvalue weighted by molar-refractivity contribution is 6.42. The predicted octanol–water partition coefficient (Wildman–Crippen LogP) is 5.92. The van der Waals surface area contributed by atoms with Crippen molar-refractivity contribution >= 4 is 59.6 Å². The molecule has 6 nitrogen and oxygen atoms in total. The SMILES string of the molecule is CN(C)Cc1ccccc1N1CCN(C(=O)C(COCc2ccc(Cl)c(Cl)c2)NCc2ccccc2)CC1.Cl.Cl. The molecule has 1 aliphatic rings. The molecule has 40 heavy (non-hydrogen) atoms. The van der Waals surface area contributed by atoms with E-state index >= 15 is 0 Å². The average molecular weight is 628 g/mol. The van der Waals surface area contributed by atoms with E-state index in [9.17, 15) is 4.79 Å². The first-order valence-corrected chi connectivity index (χ1v) is 13.7. The van der Waals surface area contributed by atoms with Crippen molar-refractivity contribution < 1.29 is 9.53 Å². The number of nitrogens with one attached hydrogen (secondary N) is 1. The summed E-state index contributed by atoms with van der Waals surface area (Å²) in [5, 5.41) is 4.43. The molecule has 1 heterocycles. The zero-order valence-electron chi connectivity index (χ0n) is 22.9. The van der Waals surface area contributed by atoms with Crippen molar-refractivity contribution in [2.45, 2.75) is 25.7 Å². The molecule has 218 valence electrons. The van der Waals surface area contributed by atoms with Gasteiger partial charge in [-0.3, -0.25) is 10.1 Å². The van der Waals surface area contributed by atoms with Gasteiger partial charge in [0.25, 0.3) is 0 Å². The normalized spacial score (nSPS) is 13.9. The molecule has 10 heteroatoms. The minimum absolute atomic E-state index is 0. The Morgan fingerprint density at radius 3 is 2.25 bits per heavy atom. The monoisotopic (exact) mass is 626 g/mol. The summed E-state index contributed by atoms with van der Waals surface area (Å²) in [6.07, 6.45) is 0. The van der Waals surface area contributed by atoms with E-state index in [1.807, 2.05) is 29.2 Å². The number of nitrogens with zero attached hydrogens (tertiary/aromatic N) is 3. The first-order valence-electron chi connectivity index (χ1n) is 13.0. The van der Waals surface area contributed by atoms with Crippen molar-refractivity contribution in [2.75, 3.05) is 51.8 Å². The number of hydrogen-bond donors (Lipinski definition) is 1. The van der Waals surface area contributed by atoms with E-state index in [0.717, 1.165) is 30.8 Å². The Labute approximate surface area is 260 Å². The third kappa shape index (κ3) is 9.81. The Morgan fingerprint density at radius 1 is 0.900 bits per heavy atom. The third-order valence-corrected chi connectivity index (χ3v) is 7.38. The molecule has 0 saturated carbocycles. The second-order valence-corrected chi connectivity index (χ2v) is 10.7. The molecule has 1 atom stereocenters.